The van der Waals surface area contributed by atoms with Crippen LogP contribution in [-0.2, 0) is 0 Å². The topological polar surface area (TPSA) is 17.1 Å². The van der Waals surface area contributed by atoms with Crippen LogP contribution in [0.4, 0.5) is 0 Å². The molecule has 1 nitrogen and oxygen atoms in total. The van der Waals surface area contributed by atoms with E-state index >= 15 is 0 Å². The Hall–Kier alpha value is -0.820. The standard InChI is InChI=1S/C10H11ClO.C2H6/c1-6-4-7(2)10(8(3)12)9(11)5-6;1-2/h4-5H,1-3H3;1-2H3. The highest BCUT2D eigenvalue weighted by atomic mass is 35.5. The summed E-state index contributed by atoms with van der Waals surface area (Å²) in [4.78, 5) is 11.1. The summed E-state index contributed by atoms with van der Waals surface area (Å²) in [6.45, 7) is 9.39. The van der Waals surface area contributed by atoms with Gasteiger partial charge in [0, 0.05) is 5.56 Å². The van der Waals surface area contributed by atoms with E-state index in [1.54, 1.807) is 0 Å². The predicted octanol–water partition coefficient (Wildman–Crippen LogP) is 4.19. The van der Waals surface area contributed by atoms with Gasteiger partial charge in [0.1, 0.15) is 0 Å². The zero-order chi connectivity index (χ0) is 11.3. The summed E-state index contributed by atoms with van der Waals surface area (Å²) < 4.78 is 0. The molecule has 0 N–H and O–H groups in total. The van der Waals surface area contributed by atoms with Crippen molar-refractivity contribution in [1.82, 2.24) is 0 Å². The average Bonchev–Trinajstić information content (AvgIpc) is 2.04. The van der Waals surface area contributed by atoms with Crippen LogP contribution in [0.1, 0.15) is 42.3 Å². The fourth-order valence-electron chi connectivity index (χ4n) is 1.36. The first-order chi connectivity index (χ1) is 6.52. The number of rotatable bonds is 1. The molecule has 0 bridgehead atoms. The normalized spacial score (nSPS) is 9.00. The number of hydrogen-bond acceptors (Lipinski definition) is 1. The van der Waals surface area contributed by atoms with Crippen LogP contribution < -0.4 is 0 Å². The molecule has 0 aliphatic heterocycles. The maximum absolute atomic E-state index is 11.1. The average molecular weight is 213 g/mol. The number of carbonyl (C=O) groups excluding carboxylic acids is 1. The Morgan fingerprint density at radius 1 is 1.21 bits per heavy atom. The van der Waals surface area contributed by atoms with Crippen LogP contribution in [0.3, 0.4) is 0 Å². The molecule has 14 heavy (non-hydrogen) atoms. The van der Waals surface area contributed by atoms with Gasteiger partial charge in [-0.05, 0) is 38.0 Å². The van der Waals surface area contributed by atoms with Crippen LogP contribution in [0.25, 0.3) is 0 Å². The third kappa shape index (κ3) is 3.15. The molecule has 0 aromatic heterocycles. The van der Waals surface area contributed by atoms with Gasteiger partial charge in [-0.15, -0.1) is 0 Å². The quantitative estimate of drug-likeness (QED) is 0.639. The van der Waals surface area contributed by atoms with Crippen LogP contribution in [0, 0.1) is 13.8 Å². The highest BCUT2D eigenvalue weighted by Gasteiger charge is 2.08. The van der Waals surface area contributed by atoms with E-state index in [0.29, 0.717) is 10.6 Å². The van der Waals surface area contributed by atoms with Gasteiger partial charge in [0.2, 0.25) is 0 Å². The lowest BCUT2D eigenvalue weighted by atomic mass is 10.0. The zero-order valence-corrected chi connectivity index (χ0v) is 10.2. The Morgan fingerprint density at radius 2 is 1.71 bits per heavy atom. The summed E-state index contributed by atoms with van der Waals surface area (Å²) in [5.74, 6) is 0.0255. The SMILES string of the molecule is CC.CC(=O)c1c(C)cc(C)cc1Cl. The molecule has 0 spiro atoms. The van der Waals surface area contributed by atoms with Crippen LogP contribution in [0.5, 0.6) is 0 Å². The van der Waals surface area contributed by atoms with Crippen LogP contribution >= 0.6 is 11.6 Å². The number of hydrogen-bond donors (Lipinski definition) is 0. The summed E-state index contributed by atoms with van der Waals surface area (Å²) in [6, 6.07) is 3.77. The molecule has 0 unspecified atom stereocenters. The van der Waals surface area contributed by atoms with Gasteiger partial charge in [-0.3, -0.25) is 4.79 Å². The molecule has 0 aliphatic rings. The predicted molar refractivity (Wildman–Crippen MR) is 62.3 cm³/mol. The summed E-state index contributed by atoms with van der Waals surface area (Å²) in [6.07, 6.45) is 0. The number of Topliss-reactive ketones (excluding diaryl/α,β-unsaturated/α-hetero) is 1. The molecular weight excluding hydrogens is 196 g/mol. The van der Waals surface area contributed by atoms with Gasteiger partial charge in [0.05, 0.1) is 5.02 Å². The summed E-state index contributed by atoms with van der Waals surface area (Å²) in [5, 5.41) is 0.556. The molecule has 2 heteroatoms. The van der Waals surface area contributed by atoms with Crippen molar-refractivity contribution in [1.29, 1.82) is 0 Å². The molecule has 0 radical (unpaired) electrons. The molecule has 0 saturated heterocycles. The Labute approximate surface area is 91.1 Å². The molecule has 0 fully saturated rings. The summed E-state index contributed by atoms with van der Waals surface area (Å²) in [5.41, 5.74) is 2.68. The molecule has 1 aromatic carbocycles. The van der Waals surface area contributed by atoms with Crippen molar-refractivity contribution in [2.24, 2.45) is 0 Å². The Morgan fingerprint density at radius 3 is 2.07 bits per heavy atom. The first-order valence-corrected chi connectivity index (χ1v) is 5.18. The third-order valence-electron chi connectivity index (χ3n) is 1.78. The van der Waals surface area contributed by atoms with Gasteiger partial charge < -0.3 is 0 Å². The van der Waals surface area contributed by atoms with Crippen molar-refractivity contribution in [3.63, 3.8) is 0 Å². The smallest absolute Gasteiger partial charge is 0.161 e. The van der Waals surface area contributed by atoms with Gasteiger partial charge >= 0.3 is 0 Å². The largest absolute Gasteiger partial charge is 0.294 e. The first kappa shape index (κ1) is 13.2. The molecule has 0 atom stereocenters. The second kappa shape index (κ2) is 5.82. The number of benzene rings is 1. The van der Waals surface area contributed by atoms with Gasteiger partial charge in [-0.2, -0.15) is 0 Å². The van der Waals surface area contributed by atoms with Crippen molar-refractivity contribution >= 4 is 17.4 Å². The van der Waals surface area contributed by atoms with E-state index in [-0.39, 0.29) is 5.78 Å². The molecule has 0 amide bonds. The van der Waals surface area contributed by atoms with Crippen molar-refractivity contribution in [2.75, 3.05) is 0 Å². The minimum Gasteiger partial charge on any atom is -0.294 e. The van der Waals surface area contributed by atoms with Gasteiger partial charge in [0.15, 0.2) is 5.78 Å². The van der Waals surface area contributed by atoms with Crippen molar-refractivity contribution in [2.45, 2.75) is 34.6 Å². The lowest BCUT2D eigenvalue weighted by Crippen LogP contribution is -1.97. The first-order valence-electron chi connectivity index (χ1n) is 4.80. The molecule has 0 heterocycles. The van der Waals surface area contributed by atoms with Gasteiger partial charge in [0.25, 0.3) is 0 Å². The van der Waals surface area contributed by atoms with E-state index < -0.39 is 0 Å². The van der Waals surface area contributed by atoms with Crippen LogP contribution in [0.15, 0.2) is 12.1 Å². The van der Waals surface area contributed by atoms with E-state index in [0.717, 1.165) is 11.1 Å². The Kier molecular flexibility index (Phi) is 5.47. The van der Waals surface area contributed by atoms with E-state index in [1.807, 2.05) is 39.8 Å². The molecule has 0 saturated carbocycles. The second-order valence-corrected chi connectivity index (χ2v) is 3.40. The summed E-state index contributed by atoms with van der Waals surface area (Å²) in [7, 11) is 0. The zero-order valence-electron chi connectivity index (χ0n) is 9.44. The number of ketones is 1. The van der Waals surface area contributed by atoms with Crippen LogP contribution in [-0.4, -0.2) is 5.78 Å². The fourth-order valence-corrected chi connectivity index (χ4v) is 1.82. The summed E-state index contributed by atoms with van der Waals surface area (Å²) >= 11 is 5.91. The fraction of sp³-hybridized carbons (Fsp3) is 0.417. The molecular formula is C12H17ClO. The Balaban J connectivity index is 0.000000791. The highest BCUT2D eigenvalue weighted by molar-refractivity contribution is 6.34. The number of carbonyl (C=O) groups is 1. The van der Waals surface area contributed by atoms with E-state index in [9.17, 15) is 4.79 Å². The minimum atomic E-state index is 0.0255. The highest BCUT2D eigenvalue weighted by Crippen LogP contribution is 2.21. The third-order valence-corrected chi connectivity index (χ3v) is 2.08. The lowest BCUT2D eigenvalue weighted by molar-refractivity contribution is 0.101. The van der Waals surface area contributed by atoms with Gasteiger partial charge in [-0.25, -0.2) is 0 Å². The number of halogens is 1. The number of aryl methyl sites for hydroxylation is 2. The van der Waals surface area contributed by atoms with Crippen LogP contribution in [0.2, 0.25) is 5.02 Å². The molecule has 78 valence electrons. The van der Waals surface area contributed by atoms with Crippen molar-refractivity contribution in [3.8, 4) is 0 Å². The molecule has 1 rings (SSSR count). The molecule has 0 aliphatic carbocycles. The lowest BCUT2D eigenvalue weighted by Gasteiger charge is -2.05. The van der Waals surface area contributed by atoms with Crippen molar-refractivity contribution < 1.29 is 4.79 Å². The monoisotopic (exact) mass is 212 g/mol. The Bertz CT molecular complexity index is 306. The molecule has 1 aromatic rings. The maximum atomic E-state index is 11.1. The van der Waals surface area contributed by atoms with E-state index in [4.69, 9.17) is 11.6 Å². The van der Waals surface area contributed by atoms with Crippen molar-refractivity contribution in [3.05, 3.63) is 33.8 Å². The van der Waals surface area contributed by atoms with E-state index in [1.165, 1.54) is 6.92 Å². The second-order valence-electron chi connectivity index (χ2n) is 2.99. The van der Waals surface area contributed by atoms with E-state index in [2.05, 4.69) is 0 Å². The van der Waals surface area contributed by atoms with Gasteiger partial charge in [-0.1, -0.05) is 31.5 Å². The minimum absolute atomic E-state index is 0.0255. The maximum Gasteiger partial charge on any atom is 0.161 e.